The van der Waals surface area contributed by atoms with Gasteiger partial charge in [0, 0.05) is 31.6 Å². The summed E-state index contributed by atoms with van der Waals surface area (Å²) in [5.41, 5.74) is 3.07. The predicted octanol–water partition coefficient (Wildman–Crippen LogP) is 2.24. The van der Waals surface area contributed by atoms with E-state index < -0.39 is 10.2 Å². The summed E-state index contributed by atoms with van der Waals surface area (Å²) in [6.07, 6.45) is 2.91. The van der Waals surface area contributed by atoms with E-state index >= 15 is 0 Å². The maximum atomic E-state index is 12.0. The maximum absolute atomic E-state index is 12.0. The summed E-state index contributed by atoms with van der Waals surface area (Å²) in [6, 6.07) is 11.3. The van der Waals surface area contributed by atoms with Crippen molar-refractivity contribution in [2.75, 3.05) is 14.1 Å². The Morgan fingerprint density at radius 3 is 2.50 bits per heavy atom. The molecule has 9 heteroatoms. The number of aromatic nitrogens is 2. The molecule has 8 nitrogen and oxygen atoms in total. The average Bonchev–Trinajstić information content (AvgIpc) is 3.12. The van der Waals surface area contributed by atoms with E-state index in [1.165, 1.54) is 18.4 Å². The number of nitriles is 2. The third-order valence-electron chi connectivity index (χ3n) is 5.10. The van der Waals surface area contributed by atoms with Crippen LogP contribution in [0.3, 0.4) is 0 Å². The number of aromatic amines is 1. The van der Waals surface area contributed by atoms with Crippen LogP contribution in [0.5, 0.6) is 0 Å². The van der Waals surface area contributed by atoms with Gasteiger partial charge in [-0.3, -0.25) is 5.10 Å². The van der Waals surface area contributed by atoms with E-state index in [2.05, 4.69) is 27.1 Å². The van der Waals surface area contributed by atoms with Gasteiger partial charge in [0.05, 0.1) is 17.3 Å². The number of hydrogen-bond acceptors (Lipinski definition) is 5. The molecule has 0 bridgehead atoms. The van der Waals surface area contributed by atoms with Crippen molar-refractivity contribution in [1.82, 2.24) is 19.2 Å². The van der Waals surface area contributed by atoms with Gasteiger partial charge in [-0.2, -0.15) is 33.1 Å². The summed E-state index contributed by atoms with van der Waals surface area (Å²) in [5, 5.41) is 26.1. The second-order valence-corrected chi connectivity index (χ2v) is 9.04. The number of nitrogens with zero attached hydrogens (tertiary/aromatic N) is 4. The van der Waals surface area contributed by atoms with Crippen molar-refractivity contribution in [3.63, 3.8) is 0 Å². The third-order valence-corrected chi connectivity index (χ3v) is 6.70. The van der Waals surface area contributed by atoms with Crippen molar-refractivity contribution in [3.05, 3.63) is 41.1 Å². The number of H-pyrrole nitrogens is 1. The van der Waals surface area contributed by atoms with Crippen molar-refractivity contribution in [2.45, 2.75) is 37.6 Å². The standard InChI is InChI=1S/C19H22N6O2S/c1-25(2)28(26,27)24-16-8-6-14(7-9-16)18-17(12-21)19(23-22-18)15-5-3-4-13(10-15)11-20/h3-5,10,14,16,24H,6-9H2,1-2H3,(H,22,23). The highest BCUT2D eigenvalue weighted by Crippen LogP contribution is 2.36. The van der Waals surface area contributed by atoms with Gasteiger partial charge in [-0.25, -0.2) is 0 Å². The molecule has 0 unspecified atom stereocenters. The summed E-state index contributed by atoms with van der Waals surface area (Å²) >= 11 is 0. The summed E-state index contributed by atoms with van der Waals surface area (Å²) in [4.78, 5) is 0. The minimum Gasteiger partial charge on any atom is -0.280 e. The zero-order valence-corrected chi connectivity index (χ0v) is 16.6. The maximum Gasteiger partial charge on any atom is 0.279 e. The third kappa shape index (κ3) is 4.07. The Labute approximate surface area is 165 Å². The minimum absolute atomic E-state index is 0.108. The summed E-state index contributed by atoms with van der Waals surface area (Å²) < 4.78 is 27.9. The highest BCUT2D eigenvalue weighted by molar-refractivity contribution is 7.87. The van der Waals surface area contributed by atoms with E-state index in [1.54, 1.807) is 18.2 Å². The molecule has 0 saturated heterocycles. The first kappa shape index (κ1) is 20.0. The first-order valence-corrected chi connectivity index (χ1v) is 10.5. The van der Waals surface area contributed by atoms with E-state index in [-0.39, 0.29) is 12.0 Å². The Bertz CT molecular complexity index is 1040. The van der Waals surface area contributed by atoms with Crippen LogP contribution in [0.1, 0.15) is 48.4 Å². The Morgan fingerprint density at radius 2 is 1.89 bits per heavy atom. The van der Waals surface area contributed by atoms with Crippen molar-refractivity contribution in [3.8, 4) is 23.4 Å². The molecule has 1 aromatic heterocycles. The van der Waals surface area contributed by atoms with Crippen LogP contribution in [0.2, 0.25) is 0 Å². The molecule has 2 aromatic rings. The van der Waals surface area contributed by atoms with Crippen LogP contribution in [-0.2, 0) is 10.2 Å². The molecular weight excluding hydrogens is 376 g/mol. The smallest absolute Gasteiger partial charge is 0.279 e. The lowest BCUT2D eigenvalue weighted by Crippen LogP contribution is -2.43. The minimum atomic E-state index is -3.45. The van der Waals surface area contributed by atoms with Gasteiger partial charge in [0.25, 0.3) is 10.2 Å². The molecule has 1 saturated carbocycles. The fourth-order valence-corrected chi connectivity index (χ4v) is 4.39. The second kappa shape index (κ2) is 8.11. The Hall–Kier alpha value is -2.72. The zero-order chi connectivity index (χ0) is 20.3. The highest BCUT2D eigenvalue weighted by Gasteiger charge is 2.29. The second-order valence-electron chi connectivity index (χ2n) is 7.12. The van der Waals surface area contributed by atoms with Gasteiger partial charge < -0.3 is 0 Å². The van der Waals surface area contributed by atoms with Crippen molar-refractivity contribution < 1.29 is 8.42 Å². The molecule has 1 aromatic carbocycles. The van der Waals surface area contributed by atoms with Gasteiger partial charge in [0.15, 0.2) is 0 Å². The van der Waals surface area contributed by atoms with Crippen LogP contribution in [-0.4, -0.2) is 43.1 Å². The van der Waals surface area contributed by atoms with Crippen LogP contribution in [0, 0.1) is 22.7 Å². The van der Waals surface area contributed by atoms with E-state index in [0.717, 1.165) is 24.1 Å². The molecule has 0 aliphatic heterocycles. The van der Waals surface area contributed by atoms with E-state index in [4.69, 9.17) is 5.26 Å². The van der Waals surface area contributed by atoms with Gasteiger partial charge in [-0.15, -0.1) is 0 Å². The zero-order valence-electron chi connectivity index (χ0n) is 15.8. The molecule has 3 rings (SSSR count). The van der Waals surface area contributed by atoms with Crippen LogP contribution < -0.4 is 4.72 Å². The summed E-state index contributed by atoms with van der Waals surface area (Å²) in [6.45, 7) is 0. The number of hydrogen-bond donors (Lipinski definition) is 2. The van der Waals surface area contributed by atoms with Gasteiger partial charge in [-0.05, 0) is 37.8 Å². The molecule has 1 fully saturated rings. The van der Waals surface area contributed by atoms with Crippen molar-refractivity contribution >= 4 is 10.2 Å². The van der Waals surface area contributed by atoms with Gasteiger partial charge in [0.2, 0.25) is 0 Å². The van der Waals surface area contributed by atoms with Gasteiger partial charge in [-0.1, -0.05) is 12.1 Å². The SMILES string of the molecule is CN(C)S(=O)(=O)NC1CCC(c2[nH]nc(-c3cccc(C#N)c3)c2C#N)CC1. The van der Waals surface area contributed by atoms with Crippen LogP contribution >= 0.6 is 0 Å². The van der Waals surface area contributed by atoms with Crippen molar-refractivity contribution in [1.29, 1.82) is 10.5 Å². The molecule has 1 aliphatic carbocycles. The lowest BCUT2D eigenvalue weighted by atomic mass is 9.83. The molecule has 1 heterocycles. The number of benzene rings is 1. The molecule has 2 N–H and O–H groups in total. The Kier molecular flexibility index (Phi) is 5.80. The fourth-order valence-electron chi connectivity index (χ4n) is 3.52. The first-order chi connectivity index (χ1) is 13.4. The molecule has 0 spiro atoms. The fraction of sp³-hybridized carbons (Fsp3) is 0.421. The summed E-state index contributed by atoms with van der Waals surface area (Å²) in [5.74, 6) is 0.121. The van der Waals surface area contributed by atoms with Gasteiger partial charge in [0.1, 0.15) is 17.3 Å². The van der Waals surface area contributed by atoms with Crippen LogP contribution in [0.25, 0.3) is 11.3 Å². The number of nitrogens with one attached hydrogen (secondary N) is 2. The summed E-state index contributed by atoms with van der Waals surface area (Å²) in [7, 11) is -0.446. The highest BCUT2D eigenvalue weighted by atomic mass is 32.2. The largest absolute Gasteiger partial charge is 0.280 e. The monoisotopic (exact) mass is 398 g/mol. The Balaban J connectivity index is 1.77. The molecule has 28 heavy (non-hydrogen) atoms. The quantitative estimate of drug-likeness (QED) is 0.799. The van der Waals surface area contributed by atoms with Crippen LogP contribution in [0.15, 0.2) is 24.3 Å². The Morgan fingerprint density at radius 1 is 1.18 bits per heavy atom. The van der Waals surface area contributed by atoms with Gasteiger partial charge >= 0.3 is 0 Å². The van der Waals surface area contributed by atoms with Crippen LogP contribution in [0.4, 0.5) is 0 Å². The normalized spacial score (nSPS) is 19.9. The van der Waals surface area contributed by atoms with Crippen molar-refractivity contribution in [2.24, 2.45) is 0 Å². The van der Waals surface area contributed by atoms with E-state index in [1.807, 2.05) is 6.07 Å². The first-order valence-electron chi connectivity index (χ1n) is 9.04. The van der Waals surface area contributed by atoms with E-state index in [9.17, 15) is 13.7 Å². The number of rotatable bonds is 5. The lowest BCUT2D eigenvalue weighted by Gasteiger charge is -2.29. The molecule has 0 atom stereocenters. The lowest BCUT2D eigenvalue weighted by molar-refractivity contribution is 0.363. The molecule has 0 radical (unpaired) electrons. The van der Waals surface area contributed by atoms with E-state index in [0.29, 0.717) is 29.7 Å². The molecule has 1 aliphatic rings. The molecule has 0 amide bonds. The average molecular weight is 398 g/mol. The topological polar surface area (TPSA) is 126 Å². The predicted molar refractivity (Wildman–Crippen MR) is 104 cm³/mol. The molecule has 146 valence electrons. The molecular formula is C19H22N6O2S.